The van der Waals surface area contributed by atoms with Gasteiger partial charge in [-0.1, -0.05) is 29.5 Å². The van der Waals surface area contributed by atoms with Crippen LogP contribution >= 0.6 is 22.6 Å². The van der Waals surface area contributed by atoms with E-state index in [4.69, 9.17) is 5.11 Å². The molecule has 0 aliphatic rings. The fraction of sp³-hybridized carbons (Fsp3) is 0.800. The third-order valence-electron chi connectivity index (χ3n) is 2.35. The van der Waals surface area contributed by atoms with E-state index in [0.717, 1.165) is 0 Å². The normalized spacial score (nSPS) is 14.4. The zero-order valence-electron chi connectivity index (χ0n) is 10.9. The second-order valence-corrected chi connectivity index (χ2v) is 5.06. The first-order chi connectivity index (χ1) is 9.76. The molecule has 0 amide bonds. The van der Waals surface area contributed by atoms with Crippen LogP contribution in [-0.2, 0) is 19.1 Å². The molecule has 0 saturated heterocycles. The van der Waals surface area contributed by atoms with Crippen LogP contribution in [0.3, 0.4) is 0 Å². The van der Waals surface area contributed by atoms with E-state index in [9.17, 15) is 35.9 Å². The van der Waals surface area contributed by atoms with Gasteiger partial charge in [-0.2, -0.15) is 26.3 Å². The number of carbonyl (C=O) groups excluding carboxylic acids is 2. The molecule has 0 aliphatic carbocycles. The second-order valence-electron chi connectivity index (χ2n) is 4.18. The number of hydrogen-bond acceptors (Lipinski definition) is 5. The van der Waals surface area contributed by atoms with Gasteiger partial charge in [-0.3, -0.25) is 4.79 Å². The van der Waals surface area contributed by atoms with Crippen molar-refractivity contribution >= 4 is 34.5 Å². The Hall–Kier alpha value is -0.790. The molecule has 0 aliphatic heterocycles. The molecule has 0 aromatic rings. The Balaban J connectivity index is 4.64. The minimum atomic E-state index is -6.10. The molecule has 5 nitrogen and oxygen atoms in total. The first kappa shape index (κ1) is 21.2. The average Bonchev–Trinajstić information content (AvgIpc) is 2.38. The zero-order valence-corrected chi connectivity index (χ0v) is 13.1. The van der Waals surface area contributed by atoms with E-state index in [0.29, 0.717) is 4.43 Å². The maximum Gasteiger partial charge on any atom is 0.429 e. The van der Waals surface area contributed by atoms with Crippen molar-refractivity contribution in [2.24, 2.45) is 5.92 Å². The van der Waals surface area contributed by atoms with Crippen molar-refractivity contribution in [1.29, 1.82) is 0 Å². The SMILES string of the molecule is CC(CI)C(=O)OCC(=O)OCC(O)(C(F)(F)F)C(F)(F)F. The Morgan fingerprint density at radius 2 is 1.55 bits per heavy atom. The molecule has 1 unspecified atom stereocenters. The standard InChI is InChI=1S/C10H11F6IO5/c1-5(2-17)7(19)21-3-6(18)22-4-8(20,9(11,12)13)10(14,15)16/h5,20H,2-4H2,1H3. The zero-order chi connectivity index (χ0) is 17.8. The van der Waals surface area contributed by atoms with Crippen LogP contribution < -0.4 is 0 Å². The number of aliphatic hydroxyl groups is 1. The van der Waals surface area contributed by atoms with Crippen molar-refractivity contribution in [3.63, 3.8) is 0 Å². The molecule has 1 N–H and O–H groups in total. The lowest BCUT2D eigenvalue weighted by molar-refractivity contribution is -0.375. The number of alkyl halides is 7. The molecule has 0 aromatic carbocycles. The minimum absolute atomic E-state index is 0.327. The fourth-order valence-electron chi connectivity index (χ4n) is 0.886. The third kappa shape index (κ3) is 5.44. The van der Waals surface area contributed by atoms with Crippen LogP contribution in [0.1, 0.15) is 6.92 Å². The number of carbonyl (C=O) groups is 2. The molecule has 0 aromatic heterocycles. The smallest absolute Gasteiger partial charge is 0.429 e. The summed E-state index contributed by atoms with van der Waals surface area (Å²) in [5, 5.41) is 8.70. The van der Waals surface area contributed by atoms with E-state index in [1.54, 1.807) is 0 Å². The second kappa shape index (κ2) is 7.66. The molecule has 130 valence electrons. The van der Waals surface area contributed by atoms with E-state index in [1.165, 1.54) is 6.92 Å². The van der Waals surface area contributed by atoms with E-state index in [2.05, 4.69) is 9.47 Å². The van der Waals surface area contributed by atoms with Crippen molar-refractivity contribution in [2.75, 3.05) is 17.6 Å². The topological polar surface area (TPSA) is 72.8 Å². The van der Waals surface area contributed by atoms with Crippen LogP contribution in [0.25, 0.3) is 0 Å². The van der Waals surface area contributed by atoms with Crippen LogP contribution in [0, 0.1) is 5.92 Å². The Morgan fingerprint density at radius 1 is 1.09 bits per heavy atom. The molecule has 0 radical (unpaired) electrons. The largest absolute Gasteiger partial charge is 0.459 e. The summed E-state index contributed by atoms with van der Waals surface area (Å²) in [6.07, 6.45) is -12.2. The molecule has 22 heavy (non-hydrogen) atoms. The number of rotatable bonds is 6. The Kier molecular flexibility index (Phi) is 7.38. The Morgan fingerprint density at radius 3 is 1.91 bits per heavy atom. The maximum atomic E-state index is 12.3. The lowest BCUT2D eigenvalue weighted by Gasteiger charge is -2.31. The Bertz CT molecular complexity index is 394. The molecule has 0 fully saturated rings. The summed E-state index contributed by atoms with van der Waals surface area (Å²) < 4.78 is 82.0. The highest BCUT2D eigenvalue weighted by atomic mass is 127. The van der Waals surface area contributed by atoms with Crippen molar-refractivity contribution in [3.8, 4) is 0 Å². The number of ether oxygens (including phenoxy) is 2. The minimum Gasteiger partial charge on any atom is -0.459 e. The van der Waals surface area contributed by atoms with Crippen LogP contribution in [0.5, 0.6) is 0 Å². The molecule has 0 spiro atoms. The summed E-state index contributed by atoms with van der Waals surface area (Å²) in [6.45, 7) is -2.12. The number of esters is 2. The molecule has 0 bridgehead atoms. The van der Waals surface area contributed by atoms with Gasteiger partial charge in [0.1, 0.15) is 6.61 Å². The maximum absolute atomic E-state index is 12.3. The van der Waals surface area contributed by atoms with Gasteiger partial charge < -0.3 is 14.6 Å². The monoisotopic (exact) mass is 452 g/mol. The number of halogens is 7. The quantitative estimate of drug-likeness (QED) is 0.289. The summed E-state index contributed by atoms with van der Waals surface area (Å²) in [5.41, 5.74) is -5.20. The summed E-state index contributed by atoms with van der Waals surface area (Å²) in [7, 11) is 0. The summed E-state index contributed by atoms with van der Waals surface area (Å²) in [5.74, 6) is -3.13. The van der Waals surface area contributed by atoms with Gasteiger partial charge in [-0.25, -0.2) is 4.79 Å². The van der Waals surface area contributed by atoms with E-state index < -0.39 is 49.0 Å². The van der Waals surface area contributed by atoms with Gasteiger partial charge in [0.2, 0.25) is 0 Å². The molecule has 0 heterocycles. The fourth-order valence-corrected chi connectivity index (χ4v) is 1.25. The van der Waals surface area contributed by atoms with Crippen molar-refractivity contribution in [2.45, 2.75) is 24.9 Å². The highest BCUT2D eigenvalue weighted by Crippen LogP contribution is 2.43. The van der Waals surface area contributed by atoms with Crippen LogP contribution in [0.15, 0.2) is 0 Å². The van der Waals surface area contributed by atoms with E-state index in [-0.39, 0.29) is 0 Å². The highest BCUT2D eigenvalue weighted by Gasteiger charge is 2.71. The van der Waals surface area contributed by atoms with E-state index >= 15 is 0 Å². The average molecular weight is 452 g/mol. The first-order valence-corrected chi connectivity index (χ1v) is 7.03. The van der Waals surface area contributed by atoms with Gasteiger partial charge in [0.15, 0.2) is 6.61 Å². The van der Waals surface area contributed by atoms with Gasteiger partial charge in [-0.05, 0) is 0 Å². The summed E-state index contributed by atoms with van der Waals surface area (Å²) in [4.78, 5) is 22.2. The Labute approximate surface area is 134 Å². The lowest BCUT2D eigenvalue weighted by Crippen LogP contribution is -2.60. The molecule has 0 saturated carbocycles. The number of hydrogen-bond donors (Lipinski definition) is 1. The van der Waals surface area contributed by atoms with Gasteiger partial charge in [0.05, 0.1) is 5.92 Å². The molecule has 1 atom stereocenters. The predicted molar refractivity (Wildman–Crippen MR) is 67.0 cm³/mol. The van der Waals surface area contributed by atoms with Crippen molar-refractivity contribution in [3.05, 3.63) is 0 Å². The first-order valence-electron chi connectivity index (χ1n) is 5.50. The predicted octanol–water partition coefficient (Wildman–Crippen LogP) is 2.00. The van der Waals surface area contributed by atoms with Gasteiger partial charge in [-0.15, -0.1) is 0 Å². The molecule has 12 heteroatoms. The summed E-state index contributed by atoms with van der Waals surface area (Å²) in [6, 6.07) is 0. The van der Waals surface area contributed by atoms with Crippen molar-refractivity contribution in [1.82, 2.24) is 0 Å². The van der Waals surface area contributed by atoms with E-state index in [1.807, 2.05) is 22.6 Å². The lowest BCUT2D eigenvalue weighted by atomic mass is 10.0. The van der Waals surface area contributed by atoms with Gasteiger partial charge >= 0.3 is 24.3 Å². The van der Waals surface area contributed by atoms with Crippen molar-refractivity contribution < 1.29 is 50.5 Å². The van der Waals surface area contributed by atoms with Gasteiger partial charge in [0, 0.05) is 4.43 Å². The van der Waals surface area contributed by atoms with Crippen LogP contribution in [0.2, 0.25) is 0 Å². The molecular formula is C10H11F6IO5. The summed E-state index contributed by atoms with van der Waals surface area (Å²) >= 11 is 1.83. The highest BCUT2D eigenvalue weighted by molar-refractivity contribution is 14.1. The van der Waals surface area contributed by atoms with Gasteiger partial charge in [0.25, 0.3) is 5.60 Å². The van der Waals surface area contributed by atoms with Crippen LogP contribution in [-0.4, -0.2) is 52.6 Å². The third-order valence-corrected chi connectivity index (χ3v) is 3.67. The molecule has 0 rings (SSSR count). The molecular weight excluding hydrogens is 441 g/mol. The van der Waals surface area contributed by atoms with Crippen LogP contribution in [0.4, 0.5) is 26.3 Å².